The first-order valence-corrected chi connectivity index (χ1v) is 8.83. The third kappa shape index (κ3) is 3.18. The summed E-state index contributed by atoms with van der Waals surface area (Å²) in [5.41, 5.74) is 2.83. The fourth-order valence-corrected chi connectivity index (χ4v) is 3.51. The quantitative estimate of drug-likeness (QED) is 0.438. The number of phenols is 1. The van der Waals surface area contributed by atoms with Gasteiger partial charge >= 0.3 is 5.63 Å². The van der Waals surface area contributed by atoms with Gasteiger partial charge in [-0.15, -0.1) is 5.10 Å². The second-order valence-corrected chi connectivity index (χ2v) is 6.71. The van der Waals surface area contributed by atoms with Crippen LogP contribution in [0.3, 0.4) is 0 Å². The van der Waals surface area contributed by atoms with Gasteiger partial charge in [0, 0.05) is 17.2 Å². The lowest BCUT2D eigenvalue weighted by molar-refractivity contribution is 0.475. The Morgan fingerprint density at radius 2 is 1.96 bits per heavy atom. The minimum Gasteiger partial charge on any atom is -0.508 e. The SMILES string of the molecule is Cc1ccc2c(CSc3nnnn3-c3ccc(O)cc3)cc(=O)oc2c1. The van der Waals surface area contributed by atoms with Gasteiger partial charge in [-0.3, -0.25) is 0 Å². The molecule has 0 aliphatic carbocycles. The van der Waals surface area contributed by atoms with E-state index in [1.165, 1.54) is 17.8 Å². The Morgan fingerprint density at radius 3 is 2.77 bits per heavy atom. The maximum absolute atomic E-state index is 11.9. The van der Waals surface area contributed by atoms with Gasteiger partial charge in [0.25, 0.3) is 0 Å². The van der Waals surface area contributed by atoms with Gasteiger partial charge in [-0.1, -0.05) is 23.9 Å². The van der Waals surface area contributed by atoms with E-state index in [-0.39, 0.29) is 11.4 Å². The Labute approximate surface area is 152 Å². The molecule has 2 aromatic heterocycles. The van der Waals surface area contributed by atoms with Gasteiger partial charge in [0.2, 0.25) is 5.16 Å². The van der Waals surface area contributed by atoms with E-state index in [2.05, 4.69) is 15.5 Å². The fourth-order valence-electron chi connectivity index (χ4n) is 2.62. The molecule has 0 aliphatic rings. The molecule has 4 rings (SSSR count). The van der Waals surface area contributed by atoms with Crippen molar-refractivity contribution in [3.05, 3.63) is 70.1 Å². The number of rotatable bonds is 4. The van der Waals surface area contributed by atoms with E-state index in [0.717, 1.165) is 22.2 Å². The molecule has 0 spiro atoms. The average Bonchev–Trinajstić information content (AvgIpc) is 3.08. The van der Waals surface area contributed by atoms with Crippen molar-refractivity contribution in [1.29, 1.82) is 0 Å². The van der Waals surface area contributed by atoms with Crippen molar-refractivity contribution in [3.8, 4) is 11.4 Å². The zero-order valence-corrected chi connectivity index (χ0v) is 14.6. The van der Waals surface area contributed by atoms with Crippen LogP contribution < -0.4 is 5.63 Å². The fraction of sp³-hybridized carbons (Fsp3) is 0.111. The third-order valence-electron chi connectivity index (χ3n) is 3.88. The van der Waals surface area contributed by atoms with E-state index >= 15 is 0 Å². The smallest absolute Gasteiger partial charge is 0.336 e. The summed E-state index contributed by atoms with van der Waals surface area (Å²) >= 11 is 1.42. The Balaban J connectivity index is 1.65. The lowest BCUT2D eigenvalue weighted by Crippen LogP contribution is -2.01. The standard InChI is InChI=1S/C18H14N4O3S/c1-11-2-7-15-12(9-17(24)25-16(15)8-11)10-26-18-19-20-21-22(18)13-3-5-14(23)6-4-13/h2-9,23H,10H2,1H3. The lowest BCUT2D eigenvalue weighted by Gasteiger charge is -2.07. The first kappa shape index (κ1) is 16.3. The Hall–Kier alpha value is -3.13. The summed E-state index contributed by atoms with van der Waals surface area (Å²) in [5.74, 6) is 0.692. The molecule has 7 nitrogen and oxygen atoms in total. The molecule has 4 aromatic rings. The van der Waals surface area contributed by atoms with Crippen molar-refractivity contribution in [1.82, 2.24) is 20.2 Å². The van der Waals surface area contributed by atoms with Crippen LogP contribution in [0.1, 0.15) is 11.1 Å². The maximum Gasteiger partial charge on any atom is 0.336 e. The third-order valence-corrected chi connectivity index (χ3v) is 4.85. The van der Waals surface area contributed by atoms with Crippen LogP contribution in [0.2, 0.25) is 0 Å². The largest absolute Gasteiger partial charge is 0.508 e. The van der Waals surface area contributed by atoms with Crippen LogP contribution in [-0.2, 0) is 5.75 Å². The van der Waals surface area contributed by atoms with Crippen LogP contribution in [0, 0.1) is 6.92 Å². The second kappa shape index (κ2) is 6.64. The molecular weight excluding hydrogens is 352 g/mol. The molecule has 2 heterocycles. The molecule has 0 fully saturated rings. The summed E-state index contributed by atoms with van der Waals surface area (Å²) in [5, 5.41) is 22.7. The van der Waals surface area contributed by atoms with Gasteiger partial charge in [-0.05, 0) is 58.8 Å². The van der Waals surface area contributed by atoms with Gasteiger partial charge in [0.05, 0.1) is 5.69 Å². The predicted molar refractivity (Wildman–Crippen MR) is 97.6 cm³/mol. The highest BCUT2D eigenvalue weighted by Gasteiger charge is 2.12. The summed E-state index contributed by atoms with van der Waals surface area (Å²) in [6, 6.07) is 13.9. The van der Waals surface area contributed by atoms with Crippen LogP contribution in [0.5, 0.6) is 5.75 Å². The van der Waals surface area contributed by atoms with Gasteiger partial charge in [0.1, 0.15) is 11.3 Å². The summed E-state index contributed by atoms with van der Waals surface area (Å²) in [6.07, 6.45) is 0. The van der Waals surface area contributed by atoms with Crippen molar-refractivity contribution in [2.24, 2.45) is 0 Å². The Bertz CT molecular complexity index is 1140. The minimum absolute atomic E-state index is 0.175. The van der Waals surface area contributed by atoms with Crippen LogP contribution in [0.15, 0.2) is 62.9 Å². The highest BCUT2D eigenvalue weighted by Crippen LogP contribution is 2.27. The molecule has 2 aromatic carbocycles. The highest BCUT2D eigenvalue weighted by atomic mass is 32.2. The second-order valence-electron chi connectivity index (χ2n) is 5.77. The van der Waals surface area contributed by atoms with Crippen LogP contribution >= 0.6 is 11.8 Å². The van der Waals surface area contributed by atoms with Gasteiger partial charge in [0.15, 0.2) is 0 Å². The number of phenolic OH excluding ortho intramolecular Hbond substituents is 1. The summed E-state index contributed by atoms with van der Waals surface area (Å²) in [7, 11) is 0. The molecule has 0 unspecified atom stereocenters. The predicted octanol–water partition coefficient (Wildman–Crippen LogP) is 3.08. The molecular formula is C18H14N4O3S. The molecule has 0 saturated carbocycles. The monoisotopic (exact) mass is 366 g/mol. The lowest BCUT2D eigenvalue weighted by atomic mass is 10.1. The number of hydrogen-bond acceptors (Lipinski definition) is 7. The van der Waals surface area contributed by atoms with Crippen molar-refractivity contribution < 1.29 is 9.52 Å². The van der Waals surface area contributed by atoms with E-state index in [4.69, 9.17) is 4.42 Å². The minimum atomic E-state index is -0.378. The molecule has 0 saturated heterocycles. The Morgan fingerprint density at radius 1 is 1.15 bits per heavy atom. The van der Waals surface area contributed by atoms with Crippen molar-refractivity contribution in [2.45, 2.75) is 17.8 Å². The van der Waals surface area contributed by atoms with Crippen LogP contribution in [0.25, 0.3) is 16.7 Å². The molecule has 0 radical (unpaired) electrons. The number of tetrazole rings is 1. The van der Waals surface area contributed by atoms with Crippen LogP contribution in [-0.4, -0.2) is 25.3 Å². The number of nitrogens with zero attached hydrogens (tertiary/aromatic N) is 4. The maximum atomic E-state index is 11.9. The topological polar surface area (TPSA) is 94.0 Å². The molecule has 0 bridgehead atoms. The number of aromatic nitrogens is 4. The number of thioether (sulfide) groups is 1. The zero-order chi connectivity index (χ0) is 18.1. The molecule has 0 aliphatic heterocycles. The molecule has 8 heteroatoms. The first-order chi connectivity index (χ1) is 12.6. The highest BCUT2D eigenvalue weighted by molar-refractivity contribution is 7.98. The number of fused-ring (bicyclic) bond motifs is 1. The van der Waals surface area contributed by atoms with E-state index in [9.17, 15) is 9.90 Å². The Kier molecular flexibility index (Phi) is 4.18. The molecule has 0 amide bonds. The van der Waals surface area contributed by atoms with E-state index in [1.54, 1.807) is 28.9 Å². The first-order valence-electron chi connectivity index (χ1n) is 7.84. The molecule has 26 heavy (non-hydrogen) atoms. The number of benzene rings is 2. The van der Waals surface area contributed by atoms with Crippen molar-refractivity contribution in [2.75, 3.05) is 0 Å². The van der Waals surface area contributed by atoms with Crippen LogP contribution in [0.4, 0.5) is 0 Å². The van der Waals surface area contributed by atoms with Gasteiger partial charge in [-0.25, -0.2) is 4.79 Å². The van der Waals surface area contributed by atoms with E-state index < -0.39 is 0 Å². The van der Waals surface area contributed by atoms with Gasteiger partial charge < -0.3 is 9.52 Å². The summed E-state index contributed by atoms with van der Waals surface area (Å²) < 4.78 is 6.88. The van der Waals surface area contributed by atoms with E-state index in [0.29, 0.717) is 16.5 Å². The number of aromatic hydroxyl groups is 1. The van der Waals surface area contributed by atoms with E-state index in [1.807, 2.05) is 25.1 Å². The molecule has 0 atom stereocenters. The van der Waals surface area contributed by atoms with Crippen molar-refractivity contribution in [3.63, 3.8) is 0 Å². The molecule has 1 N–H and O–H groups in total. The van der Waals surface area contributed by atoms with Gasteiger partial charge in [-0.2, -0.15) is 4.68 Å². The summed E-state index contributed by atoms with van der Waals surface area (Å²) in [6.45, 7) is 1.95. The number of hydrogen-bond donors (Lipinski definition) is 1. The normalized spacial score (nSPS) is 11.1. The average molecular weight is 366 g/mol. The number of aryl methyl sites for hydroxylation is 1. The van der Waals surface area contributed by atoms with Crippen molar-refractivity contribution >= 4 is 22.7 Å². The summed E-state index contributed by atoms with van der Waals surface area (Å²) in [4.78, 5) is 11.9. The molecule has 130 valence electrons. The zero-order valence-electron chi connectivity index (χ0n) is 13.8.